The van der Waals surface area contributed by atoms with Gasteiger partial charge in [-0.05, 0) is 31.0 Å². The van der Waals surface area contributed by atoms with Gasteiger partial charge in [0.25, 0.3) is 0 Å². The van der Waals surface area contributed by atoms with E-state index in [-0.39, 0.29) is 0 Å². The third-order valence-electron chi connectivity index (χ3n) is 2.20. The monoisotopic (exact) mass is 178 g/mol. The third-order valence-corrected chi connectivity index (χ3v) is 2.20. The van der Waals surface area contributed by atoms with E-state index in [1.807, 2.05) is 14.1 Å². The predicted octanol–water partition coefficient (Wildman–Crippen LogP) is 1.52. The molecule has 1 aliphatic carbocycles. The molecule has 2 nitrogen and oxygen atoms in total. The maximum absolute atomic E-state index is 5.63. The van der Waals surface area contributed by atoms with E-state index >= 15 is 0 Å². The lowest BCUT2D eigenvalue weighted by Crippen LogP contribution is -2.14. The van der Waals surface area contributed by atoms with Gasteiger partial charge >= 0.3 is 0 Å². The van der Waals surface area contributed by atoms with Gasteiger partial charge in [-0.1, -0.05) is 18.2 Å². The van der Waals surface area contributed by atoms with Crippen molar-refractivity contribution >= 4 is 0 Å². The molecule has 2 heteroatoms. The maximum Gasteiger partial charge on any atom is 0.0357 e. The molecule has 0 aromatic heterocycles. The number of likely N-dealkylation sites (N-methyl/N-ethyl adjacent to an activating group) is 1. The van der Waals surface area contributed by atoms with Crippen LogP contribution in [0, 0.1) is 5.92 Å². The summed E-state index contributed by atoms with van der Waals surface area (Å²) in [6.45, 7) is 0.724. The SMILES string of the molecule is CN(C)C1=C/C=C/CC(CN)/C=C\1. The molecule has 1 aliphatic rings. The molecule has 0 aliphatic heterocycles. The van der Waals surface area contributed by atoms with Crippen molar-refractivity contribution in [2.75, 3.05) is 20.6 Å². The topological polar surface area (TPSA) is 29.3 Å². The lowest BCUT2D eigenvalue weighted by molar-refractivity contribution is 0.527. The highest BCUT2D eigenvalue weighted by atomic mass is 15.1. The van der Waals surface area contributed by atoms with Gasteiger partial charge in [-0.3, -0.25) is 0 Å². The average molecular weight is 178 g/mol. The van der Waals surface area contributed by atoms with Crippen LogP contribution in [0.4, 0.5) is 0 Å². The molecule has 0 spiro atoms. The molecule has 0 radical (unpaired) electrons. The van der Waals surface area contributed by atoms with Crippen molar-refractivity contribution in [3.05, 3.63) is 36.1 Å². The Balaban J connectivity index is 2.75. The Hall–Kier alpha value is -1.02. The summed E-state index contributed by atoms with van der Waals surface area (Å²) < 4.78 is 0. The predicted molar refractivity (Wildman–Crippen MR) is 57.2 cm³/mol. The van der Waals surface area contributed by atoms with Crippen molar-refractivity contribution in [1.29, 1.82) is 0 Å². The molecule has 0 bridgehead atoms. The first-order valence-electron chi connectivity index (χ1n) is 4.66. The van der Waals surface area contributed by atoms with Crippen LogP contribution in [0.15, 0.2) is 36.1 Å². The van der Waals surface area contributed by atoms with E-state index in [0.29, 0.717) is 5.92 Å². The highest BCUT2D eigenvalue weighted by molar-refractivity contribution is 5.24. The number of rotatable bonds is 2. The van der Waals surface area contributed by atoms with E-state index < -0.39 is 0 Å². The van der Waals surface area contributed by atoms with Gasteiger partial charge in [-0.15, -0.1) is 0 Å². The Labute approximate surface area is 80.4 Å². The fraction of sp³-hybridized carbons (Fsp3) is 0.455. The normalized spacial score (nSPS) is 31.0. The second kappa shape index (κ2) is 4.87. The van der Waals surface area contributed by atoms with Crippen molar-refractivity contribution in [2.24, 2.45) is 11.7 Å². The molecular weight excluding hydrogens is 160 g/mol. The smallest absolute Gasteiger partial charge is 0.0357 e. The largest absolute Gasteiger partial charge is 0.378 e. The highest BCUT2D eigenvalue weighted by Gasteiger charge is 2.02. The second-order valence-electron chi connectivity index (χ2n) is 3.50. The van der Waals surface area contributed by atoms with E-state index in [9.17, 15) is 0 Å². The van der Waals surface area contributed by atoms with Crippen LogP contribution in [0.2, 0.25) is 0 Å². The zero-order chi connectivity index (χ0) is 9.68. The highest BCUT2D eigenvalue weighted by Crippen LogP contribution is 2.11. The zero-order valence-electron chi connectivity index (χ0n) is 8.40. The van der Waals surface area contributed by atoms with Crippen LogP contribution in [-0.4, -0.2) is 25.5 Å². The molecule has 0 amide bonds. The van der Waals surface area contributed by atoms with Gasteiger partial charge in [0, 0.05) is 19.8 Å². The summed E-state index contributed by atoms with van der Waals surface area (Å²) in [6.07, 6.45) is 11.8. The summed E-state index contributed by atoms with van der Waals surface area (Å²) >= 11 is 0. The molecule has 0 heterocycles. The lowest BCUT2D eigenvalue weighted by atomic mass is 10.0. The third kappa shape index (κ3) is 3.07. The fourth-order valence-corrected chi connectivity index (χ4v) is 1.26. The molecule has 2 N–H and O–H groups in total. The zero-order valence-corrected chi connectivity index (χ0v) is 8.40. The van der Waals surface area contributed by atoms with E-state index in [1.165, 1.54) is 5.70 Å². The van der Waals surface area contributed by atoms with Crippen molar-refractivity contribution < 1.29 is 0 Å². The van der Waals surface area contributed by atoms with Crippen molar-refractivity contribution in [2.45, 2.75) is 6.42 Å². The van der Waals surface area contributed by atoms with Crippen LogP contribution in [0.1, 0.15) is 6.42 Å². The summed E-state index contributed by atoms with van der Waals surface area (Å²) in [7, 11) is 4.09. The minimum atomic E-state index is 0.486. The molecule has 13 heavy (non-hydrogen) atoms. The summed E-state index contributed by atoms with van der Waals surface area (Å²) in [5.74, 6) is 0.486. The Morgan fingerprint density at radius 1 is 1.54 bits per heavy atom. The molecule has 1 unspecified atom stereocenters. The molecule has 0 saturated carbocycles. The van der Waals surface area contributed by atoms with Crippen LogP contribution in [0.25, 0.3) is 0 Å². The van der Waals surface area contributed by atoms with Gasteiger partial charge in [0.2, 0.25) is 0 Å². The second-order valence-corrected chi connectivity index (χ2v) is 3.50. The fourth-order valence-electron chi connectivity index (χ4n) is 1.26. The summed E-state index contributed by atoms with van der Waals surface area (Å²) in [5.41, 5.74) is 6.84. The molecule has 0 aromatic rings. The summed E-state index contributed by atoms with van der Waals surface area (Å²) in [6, 6.07) is 0. The van der Waals surface area contributed by atoms with Gasteiger partial charge in [-0.2, -0.15) is 0 Å². The van der Waals surface area contributed by atoms with Crippen molar-refractivity contribution in [3.63, 3.8) is 0 Å². The minimum Gasteiger partial charge on any atom is -0.378 e. The lowest BCUT2D eigenvalue weighted by Gasteiger charge is -2.15. The van der Waals surface area contributed by atoms with Crippen LogP contribution >= 0.6 is 0 Å². The first-order chi connectivity index (χ1) is 6.24. The molecule has 72 valence electrons. The Morgan fingerprint density at radius 2 is 2.31 bits per heavy atom. The molecule has 1 rings (SSSR count). The van der Waals surface area contributed by atoms with Crippen LogP contribution in [-0.2, 0) is 0 Å². The number of nitrogens with zero attached hydrogens (tertiary/aromatic N) is 1. The van der Waals surface area contributed by atoms with E-state index in [0.717, 1.165) is 13.0 Å². The Kier molecular flexibility index (Phi) is 3.77. The van der Waals surface area contributed by atoms with Gasteiger partial charge in [0.05, 0.1) is 0 Å². The van der Waals surface area contributed by atoms with E-state index in [1.54, 1.807) is 0 Å². The standard InChI is InChI=1S/C11H18N2/c1-13(2)11-6-4-3-5-10(9-12)7-8-11/h3-4,6-8,10H,5,9,12H2,1-2H3/b4-3+,8-7-,11-6+. The van der Waals surface area contributed by atoms with Crippen LogP contribution < -0.4 is 5.73 Å². The van der Waals surface area contributed by atoms with Gasteiger partial charge in [0.15, 0.2) is 0 Å². The van der Waals surface area contributed by atoms with E-state index in [2.05, 4.69) is 35.3 Å². The number of allylic oxidation sites excluding steroid dienone is 4. The quantitative estimate of drug-likeness (QED) is 0.694. The number of hydrogen-bond donors (Lipinski definition) is 1. The van der Waals surface area contributed by atoms with Crippen molar-refractivity contribution in [1.82, 2.24) is 4.90 Å². The van der Waals surface area contributed by atoms with Gasteiger partial charge in [-0.25, -0.2) is 0 Å². The average Bonchev–Trinajstić information content (AvgIpc) is 2.03. The summed E-state index contributed by atoms with van der Waals surface area (Å²) in [4.78, 5) is 2.10. The molecule has 0 saturated heterocycles. The summed E-state index contributed by atoms with van der Waals surface area (Å²) in [5, 5.41) is 0. The minimum absolute atomic E-state index is 0.486. The number of nitrogens with two attached hydrogens (primary N) is 1. The Morgan fingerprint density at radius 3 is 2.92 bits per heavy atom. The van der Waals surface area contributed by atoms with E-state index in [4.69, 9.17) is 5.73 Å². The molecule has 0 fully saturated rings. The van der Waals surface area contributed by atoms with Crippen LogP contribution in [0.5, 0.6) is 0 Å². The van der Waals surface area contributed by atoms with Crippen molar-refractivity contribution in [3.8, 4) is 0 Å². The first kappa shape index (κ1) is 10.1. The molecular formula is C11H18N2. The van der Waals surface area contributed by atoms with Gasteiger partial charge < -0.3 is 10.6 Å². The maximum atomic E-state index is 5.63. The van der Waals surface area contributed by atoms with Gasteiger partial charge in [0.1, 0.15) is 0 Å². The molecule has 1 atom stereocenters. The Bertz CT molecular complexity index is 236. The van der Waals surface area contributed by atoms with Crippen LogP contribution in [0.3, 0.4) is 0 Å². The number of hydrogen-bond acceptors (Lipinski definition) is 2. The molecule has 0 aromatic carbocycles. The first-order valence-corrected chi connectivity index (χ1v) is 4.66.